The second kappa shape index (κ2) is 31.1. The van der Waals surface area contributed by atoms with Crippen LogP contribution < -0.4 is 0 Å². The first-order valence-corrected chi connectivity index (χ1v) is 20.6. The minimum absolute atomic E-state index is 0.0107. The van der Waals surface area contributed by atoms with Crippen LogP contribution in [0.1, 0.15) is 163 Å². The van der Waals surface area contributed by atoms with Crippen molar-refractivity contribution in [2.45, 2.75) is 175 Å². The van der Waals surface area contributed by atoms with Gasteiger partial charge in [0.05, 0.1) is 12.8 Å². The lowest BCUT2D eigenvalue weighted by molar-refractivity contribution is -0.150. The second-order valence-electron chi connectivity index (χ2n) is 14.2. The summed E-state index contributed by atoms with van der Waals surface area (Å²) in [6, 6.07) is 0. The summed E-state index contributed by atoms with van der Waals surface area (Å²) >= 11 is 0. The number of unbranched alkanes of at least 4 members (excludes halogenated alkanes) is 8. The van der Waals surface area contributed by atoms with Crippen molar-refractivity contribution >= 4 is 17.9 Å². The fraction of sp³-hybridized carbons (Fsp3) is 0.925. The van der Waals surface area contributed by atoms with E-state index in [0.717, 1.165) is 116 Å². The van der Waals surface area contributed by atoms with Gasteiger partial charge >= 0.3 is 17.9 Å². The van der Waals surface area contributed by atoms with Gasteiger partial charge in [0.15, 0.2) is 0 Å². The summed E-state index contributed by atoms with van der Waals surface area (Å²) in [5, 5.41) is 0. The molecule has 9 heteroatoms. The van der Waals surface area contributed by atoms with Gasteiger partial charge in [-0.1, -0.05) is 98.8 Å². The molecule has 0 N–H and O–H groups in total. The Balaban J connectivity index is 2.69. The van der Waals surface area contributed by atoms with Gasteiger partial charge in [-0.3, -0.25) is 24.2 Å². The molecule has 9 nitrogen and oxygen atoms in total. The average molecular weight is 696 g/mol. The fourth-order valence-electron chi connectivity index (χ4n) is 6.39. The van der Waals surface area contributed by atoms with E-state index in [2.05, 4.69) is 42.4 Å². The van der Waals surface area contributed by atoms with Crippen molar-refractivity contribution in [3.8, 4) is 0 Å². The van der Waals surface area contributed by atoms with Crippen molar-refractivity contribution in [1.29, 1.82) is 0 Å². The molecule has 2 unspecified atom stereocenters. The standard InChI is InChI=1S/C40H77N3O6/c1-6-11-15-17-22-36(20-13-8-3)48-39(45)24-26-41(27-25-40(46)49-37(21-14-9-4)23-18-16-12-7-2)28-29-42-30-32-43(33-31-42)34-35-47-38(44)19-10-5/h36-37H,6-35H2,1-5H3. The first kappa shape index (κ1) is 45.3. The first-order valence-electron chi connectivity index (χ1n) is 20.6. The van der Waals surface area contributed by atoms with E-state index in [-0.39, 0.29) is 30.1 Å². The average Bonchev–Trinajstić information content (AvgIpc) is 3.09. The largest absolute Gasteiger partial charge is 0.464 e. The molecule has 2 atom stereocenters. The highest BCUT2D eigenvalue weighted by Crippen LogP contribution is 2.17. The maximum Gasteiger partial charge on any atom is 0.307 e. The van der Waals surface area contributed by atoms with Crippen LogP contribution in [0, 0.1) is 0 Å². The highest BCUT2D eigenvalue weighted by Gasteiger charge is 2.21. The Bertz CT molecular complexity index is 778. The second-order valence-corrected chi connectivity index (χ2v) is 14.2. The number of ether oxygens (including phenoxy) is 3. The SMILES string of the molecule is CCCCCCC(CCCC)OC(=O)CCN(CCC(=O)OC(CCCC)CCCCCC)CCN1CCN(CCOC(=O)CCC)CC1. The third kappa shape index (κ3) is 25.0. The van der Waals surface area contributed by atoms with Gasteiger partial charge in [-0.25, -0.2) is 0 Å². The van der Waals surface area contributed by atoms with Crippen molar-refractivity contribution in [2.24, 2.45) is 0 Å². The Morgan fingerprint density at radius 2 is 0.959 bits per heavy atom. The normalized spacial score (nSPS) is 15.3. The molecule has 0 saturated carbocycles. The number of esters is 3. The molecule has 288 valence electrons. The first-order chi connectivity index (χ1) is 23.8. The highest BCUT2D eigenvalue weighted by molar-refractivity contribution is 5.70. The van der Waals surface area contributed by atoms with Crippen molar-refractivity contribution in [2.75, 3.05) is 65.5 Å². The molecule has 0 radical (unpaired) electrons. The number of piperazine rings is 1. The maximum atomic E-state index is 13.1. The number of carbonyl (C=O) groups excluding carboxylic acids is 3. The molecule has 1 rings (SSSR count). The molecule has 0 aromatic carbocycles. The van der Waals surface area contributed by atoms with Crippen LogP contribution in [-0.4, -0.2) is 110 Å². The van der Waals surface area contributed by atoms with E-state index in [9.17, 15) is 14.4 Å². The van der Waals surface area contributed by atoms with Gasteiger partial charge in [0, 0.05) is 65.3 Å². The number of hydrogen-bond donors (Lipinski definition) is 0. The summed E-state index contributed by atoms with van der Waals surface area (Å²) in [4.78, 5) is 44.9. The highest BCUT2D eigenvalue weighted by atomic mass is 16.5. The van der Waals surface area contributed by atoms with Crippen LogP contribution in [0.15, 0.2) is 0 Å². The monoisotopic (exact) mass is 696 g/mol. The van der Waals surface area contributed by atoms with E-state index in [1.807, 2.05) is 6.92 Å². The van der Waals surface area contributed by atoms with E-state index in [1.54, 1.807) is 0 Å². The topological polar surface area (TPSA) is 88.6 Å². The molecule has 1 fully saturated rings. The van der Waals surface area contributed by atoms with Crippen LogP contribution in [0.4, 0.5) is 0 Å². The summed E-state index contributed by atoms with van der Waals surface area (Å²) in [5.74, 6) is -0.353. The molecule has 0 aromatic rings. The zero-order chi connectivity index (χ0) is 36.0. The maximum absolute atomic E-state index is 13.1. The van der Waals surface area contributed by atoms with E-state index in [1.165, 1.54) is 38.5 Å². The third-order valence-electron chi connectivity index (χ3n) is 9.70. The van der Waals surface area contributed by atoms with Crippen LogP contribution in [0.25, 0.3) is 0 Å². The smallest absolute Gasteiger partial charge is 0.307 e. The molecule has 49 heavy (non-hydrogen) atoms. The van der Waals surface area contributed by atoms with Gasteiger partial charge in [-0.05, 0) is 44.9 Å². The molecule has 1 aliphatic rings. The lowest BCUT2D eigenvalue weighted by Gasteiger charge is -2.35. The Morgan fingerprint density at radius 1 is 0.510 bits per heavy atom. The lowest BCUT2D eigenvalue weighted by Crippen LogP contribution is -2.49. The van der Waals surface area contributed by atoms with Gasteiger partial charge in [0.25, 0.3) is 0 Å². The molecular weight excluding hydrogens is 618 g/mol. The van der Waals surface area contributed by atoms with E-state index in [0.29, 0.717) is 39.0 Å². The quantitative estimate of drug-likeness (QED) is 0.0393. The predicted molar refractivity (Wildman–Crippen MR) is 201 cm³/mol. The lowest BCUT2D eigenvalue weighted by atomic mass is 10.0. The zero-order valence-corrected chi connectivity index (χ0v) is 32.7. The van der Waals surface area contributed by atoms with Crippen molar-refractivity contribution in [1.82, 2.24) is 14.7 Å². The number of rotatable bonds is 32. The molecule has 0 aromatic heterocycles. The van der Waals surface area contributed by atoms with Crippen molar-refractivity contribution in [3.05, 3.63) is 0 Å². The zero-order valence-electron chi connectivity index (χ0n) is 32.7. The number of carbonyl (C=O) groups is 3. The van der Waals surface area contributed by atoms with Crippen LogP contribution in [0.2, 0.25) is 0 Å². The van der Waals surface area contributed by atoms with Crippen molar-refractivity contribution < 1.29 is 28.6 Å². The summed E-state index contributed by atoms with van der Waals surface area (Å²) in [6.45, 7) is 18.7. The minimum Gasteiger partial charge on any atom is -0.464 e. The Labute approximate surface area is 301 Å². The Kier molecular flexibility index (Phi) is 28.7. The van der Waals surface area contributed by atoms with Crippen molar-refractivity contribution in [3.63, 3.8) is 0 Å². The molecule has 0 aliphatic carbocycles. The van der Waals surface area contributed by atoms with Crippen LogP contribution in [0.5, 0.6) is 0 Å². The van der Waals surface area contributed by atoms with E-state index < -0.39 is 0 Å². The van der Waals surface area contributed by atoms with Gasteiger partial charge in [-0.2, -0.15) is 0 Å². The molecular formula is C40H77N3O6. The molecule has 1 heterocycles. The van der Waals surface area contributed by atoms with Gasteiger partial charge < -0.3 is 19.1 Å². The number of hydrogen-bond acceptors (Lipinski definition) is 9. The minimum atomic E-state index is -0.121. The summed E-state index contributed by atoms with van der Waals surface area (Å²) in [6.07, 6.45) is 19.6. The predicted octanol–water partition coefficient (Wildman–Crippen LogP) is 8.17. The molecule has 0 amide bonds. The van der Waals surface area contributed by atoms with Crippen LogP contribution in [0.3, 0.4) is 0 Å². The van der Waals surface area contributed by atoms with Gasteiger partial charge in [0.1, 0.15) is 18.8 Å². The summed E-state index contributed by atoms with van der Waals surface area (Å²) in [7, 11) is 0. The molecule has 0 bridgehead atoms. The van der Waals surface area contributed by atoms with Gasteiger partial charge in [-0.15, -0.1) is 0 Å². The van der Waals surface area contributed by atoms with Gasteiger partial charge in [0.2, 0.25) is 0 Å². The van der Waals surface area contributed by atoms with Crippen LogP contribution >= 0.6 is 0 Å². The summed E-state index contributed by atoms with van der Waals surface area (Å²) < 4.78 is 17.4. The Morgan fingerprint density at radius 3 is 1.41 bits per heavy atom. The molecule has 1 aliphatic heterocycles. The molecule has 1 saturated heterocycles. The fourth-order valence-corrected chi connectivity index (χ4v) is 6.39. The van der Waals surface area contributed by atoms with E-state index in [4.69, 9.17) is 14.2 Å². The summed E-state index contributed by atoms with van der Waals surface area (Å²) in [5.41, 5.74) is 0. The van der Waals surface area contributed by atoms with Crippen LogP contribution in [-0.2, 0) is 28.6 Å². The number of nitrogens with zero attached hydrogens (tertiary/aromatic N) is 3. The van der Waals surface area contributed by atoms with E-state index >= 15 is 0 Å². The Hall–Kier alpha value is -1.71. The molecule has 0 spiro atoms. The third-order valence-corrected chi connectivity index (χ3v) is 9.70.